The predicted octanol–water partition coefficient (Wildman–Crippen LogP) is 0.719. The number of carbonyl (C=O) groups is 2. The van der Waals surface area contributed by atoms with E-state index in [9.17, 15) is 14.0 Å². The van der Waals surface area contributed by atoms with Crippen molar-refractivity contribution in [3.05, 3.63) is 59.9 Å². The molecule has 0 fully saturated rings. The maximum absolute atomic E-state index is 12.7. The van der Waals surface area contributed by atoms with Crippen LogP contribution < -0.4 is 10.7 Å². The fourth-order valence-electron chi connectivity index (χ4n) is 1.34. The Morgan fingerprint density at radius 2 is 1.90 bits per heavy atom. The number of rotatable bonds is 4. The van der Waals surface area contributed by atoms with E-state index in [0.29, 0.717) is 0 Å². The zero-order valence-electron chi connectivity index (χ0n) is 10.7. The second kappa shape index (κ2) is 6.85. The molecule has 1 aromatic heterocycles. The summed E-state index contributed by atoms with van der Waals surface area (Å²) in [4.78, 5) is 30.7. The maximum atomic E-state index is 12.7. The monoisotopic (exact) mass is 287 g/mol. The molecule has 0 atom stereocenters. The Labute approximate surface area is 118 Å². The molecule has 2 rings (SSSR count). The molecule has 8 heteroatoms. The van der Waals surface area contributed by atoms with Crippen molar-refractivity contribution in [1.82, 2.24) is 20.7 Å². The van der Waals surface area contributed by atoms with Gasteiger partial charge < -0.3 is 5.32 Å². The number of hydrazone groups is 1. The van der Waals surface area contributed by atoms with Crippen molar-refractivity contribution >= 4 is 18.2 Å². The molecule has 0 spiro atoms. The molecule has 2 aromatic rings. The largest absolute Gasteiger partial charge is 0.310 e. The Morgan fingerprint density at radius 3 is 2.57 bits per heavy atom. The van der Waals surface area contributed by atoms with Gasteiger partial charge in [0, 0.05) is 18.0 Å². The lowest BCUT2D eigenvalue weighted by atomic mass is 10.2. The van der Waals surface area contributed by atoms with Gasteiger partial charge in [0.15, 0.2) is 0 Å². The molecule has 0 saturated carbocycles. The number of hydrogen-bond donors (Lipinski definition) is 2. The molecule has 7 nitrogen and oxygen atoms in total. The van der Waals surface area contributed by atoms with Crippen molar-refractivity contribution in [2.45, 2.75) is 0 Å². The van der Waals surface area contributed by atoms with Gasteiger partial charge in [-0.1, -0.05) is 0 Å². The molecule has 21 heavy (non-hydrogen) atoms. The van der Waals surface area contributed by atoms with Crippen LogP contribution in [0.4, 0.5) is 4.39 Å². The van der Waals surface area contributed by atoms with Crippen LogP contribution in [0.5, 0.6) is 0 Å². The summed E-state index contributed by atoms with van der Waals surface area (Å²) in [6.45, 7) is 0. The Kier molecular flexibility index (Phi) is 4.65. The second-order valence-electron chi connectivity index (χ2n) is 3.77. The van der Waals surface area contributed by atoms with Gasteiger partial charge in [-0.25, -0.2) is 14.8 Å². The highest BCUT2D eigenvalue weighted by atomic mass is 19.1. The zero-order chi connectivity index (χ0) is 15.1. The van der Waals surface area contributed by atoms with Crippen LogP contribution in [0.15, 0.2) is 48.0 Å². The van der Waals surface area contributed by atoms with Gasteiger partial charge in [0.2, 0.25) is 0 Å². The standard InChI is InChI=1S/C13H10FN5O2/c14-10-3-1-9(2-4-10)12(20)19-18-8-17-13(21)11-7-15-5-6-16-11/h1-8H,(H,19,20)(H,17,18,21). The summed E-state index contributed by atoms with van der Waals surface area (Å²) >= 11 is 0. The minimum absolute atomic E-state index is 0.119. The van der Waals surface area contributed by atoms with E-state index in [1.807, 2.05) is 0 Å². The van der Waals surface area contributed by atoms with Gasteiger partial charge in [0.1, 0.15) is 17.8 Å². The smallest absolute Gasteiger partial charge is 0.276 e. The Balaban J connectivity index is 1.84. The summed E-state index contributed by atoms with van der Waals surface area (Å²) in [6, 6.07) is 4.96. The number of nitrogens with zero attached hydrogens (tertiary/aromatic N) is 3. The molecule has 1 heterocycles. The van der Waals surface area contributed by atoms with Crippen LogP contribution in [0.2, 0.25) is 0 Å². The van der Waals surface area contributed by atoms with Crippen LogP contribution in [0.1, 0.15) is 20.8 Å². The van der Waals surface area contributed by atoms with Crippen LogP contribution in [0.25, 0.3) is 0 Å². The van der Waals surface area contributed by atoms with Gasteiger partial charge >= 0.3 is 0 Å². The molecule has 0 aliphatic rings. The van der Waals surface area contributed by atoms with E-state index in [4.69, 9.17) is 0 Å². The van der Waals surface area contributed by atoms with Crippen molar-refractivity contribution in [3.63, 3.8) is 0 Å². The third kappa shape index (κ3) is 4.16. The Morgan fingerprint density at radius 1 is 1.14 bits per heavy atom. The highest BCUT2D eigenvalue weighted by molar-refractivity contribution is 5.99. The first-order valence-electron chi connectivity index (χ1n) is 5.81. The number of benzene rings is 1. The third-order valence-corrected chi connectivity index (χ3v) is 2.33. The molecule has 0 radical (unpaired) electrons. The van der Waals surface area contributed by atoms with E-state index >= 15 is 0 Å². The average Bonchev–Trinajstić information content (AvgIpc) is 2.52. The SMILES string of the molecule is O=C(N/N=C/NC(=O)c1cnccn1)c1ccc(F)cc1. The predicted molar refractivity (Wildman–Crippen MR) is 71.9 cm³/mol. The van der Waals surface area contributed by atoms with Crippen molar-refractivity contribution in [1.29, 1.82) is 0 Å². The van der Waals surface area contributed by atoms with Gasteiger partial charge in [0.25, 0.3) is 11.8 Å². The van der Waals surface area contributed by atoms with Gasteiger partial charge in [-0.15, -0.1) is 0 Å². The number of nitrogens with one attached hydrogen (secondary N) is 2. The van der Waals surface area contributed by atoms with Crippen molar-refractivity contribution < 1.29 is 14.0 Å². The molecular weight excluding hydrogens is 277 g/mol. The van der Waals surface area contributed by atoms with E-state index in [0.717, 1.165) is 18.5 Å². The average molecular weight is 287 g/mol. The first-order valence-corrected chi connectivity index (χ1v) is 5.81. The van der Waals surface area contributed by atoms with E-state index < -0.39 is 17.6 Å². The van der Waals surface area contributed by atoms with Gasteiger partial charge in [0.05, 0.1) is 6.20 Å². The molecule has 106 valence electrons. The summed E-state index contributed by atoms with van der Waals surface area (Å²) < 4.78 is 12.7. The number of amides is 2. The van der Waals surface area contributed by atoms with E-state index in [2.05, 4.69) is 25.8 Å². The van der Waals surface area contributed by atoms with Crippen molar-refractivity contribution in [3.8, 4) is 0 Å². The van der Waals surface area contributed by atoms with Crippen LogP contribution in [-0.2, 0) is 0 Å². The summed E-state index contributed by atoms with van der Waals surface area (Å²) in [5, 5.41) is 5.84. The van der Waals surface area contributed by atoms with E-state index in [1.165, 1.54) is 30.7 Å². The molecular formula is C13H10FN5O2. The van der Waals surface area contributed by atoms with Gasteiger partial charge in [-0.2, -0.15) is 5.10 Å². The number of halogens is 1. The quantitative estimate of drug-likeness (QED) is 0.492. The minimum atomic E-state index is -0.528. The number of aromatic nitrogens is 2. The molecule has 0 unspecified atom stereocenters. The van der Waals surface area contributed by atoms with Gasteiger partial charge in [-0.05, 0) is 24.3 Å². The highest BCUT2D eigenvalue weighted by Gasteiger charge is 2.05. The number of hydrogen-bond acceptors (Lipinski definition) is 5. The maximum Gasteiger partial charge on any atom is 0.276 e. The lowest BCUT2D eigenvalue weighted by molar-refractivity contribution is 0.0947. The first-order chi connectivity index (χ1) is 10.2. The first kappa shape index (κ1) is 14.3. The summed E-state index contributed by atoms with van der Waals surface area (Å²) in [5.41, 5.74) is 2.55. The molecule has 1 aromatic carbocycles. The Hall–Kier alpha value is -3.16. The van der Waals surface area contributed by atoms with E-state index in [1.54, 1.807) is 0 Å². The lowest BCUT2D eigenvalue weighted by Crippen LogP contribution is -2.25. The lowest BCUT2D eigenvalue weighted by Gasteiger charge is -2.00. The van der Waals surface area contributed by atoms with E-state index in [-0.39, 0.29) is 11.3 Å². The van der Waals surface area contributed by atoms with Crippen LogP contribution in [0, 0.1) is 5.82 Å². The van der Waals surface area contributed by atoms with Crippen LogP contribution >= 0.6 is 0 Å². The summed E-state index contributed by atoms with van der Waals surface area (Å²) in [6.07, 6.45) is 5.12. The fraction of sp³-hybridized carbons (Fsp3) is 0. The zero-order valence-corrected chi connectivity index (χ0v) is 10.7. The van der Waals surface area contributed by atoms with Crippen molar-refractivity contribution in [2.75, 3.05) is 0 Å². The second-order valence-corrected chi connectivity index (χ2v) is 3.77. The molecule has 2 N–H and O–H groups in total. The Bertz CT molecular complexity index is 658. The summed E-state index contributed by atoms with van der Waals surface area (Å²) in [5.74, 6) is -1.48. The van der Waals surface area contributed by atoms with Crippen LogP contribution in [-0.4, -0.2) is 28.1 Å². The van der Waals surface area contributed by atoms with Gasteiger partial charge in [-0.3, -0.25) is 14.6 Å². The fourth-order valence-corrected chi connectivity index (χ4v) is 1.34. The normalized spacial score (nSPS) is 10.3. The molecule has 0 aliphatic heterocycles. The number of carbonyl (C=O) groups excluding carboxylic acids is 2. The molecule has 2 amide bonds. The summed E-state index contributed by atoms with van der Waals surface area (Å²) in [7, 11) is 0. The third-order valence-electron chi connectivity index (χ3n) is 2.33. The molecule has 0 aliphatic carbocycles. The van der Waals surface area contributed by atoms with Crippen LogP contribution in [0.3, 0.4) is 0 Å². The topological polar surface area (TPSA) is 96.3 Å². The molecule has 0 saturated heterocycles. The van der Waals surface area contributed by atoms with Crippen molar-refractivity contribution in [2.24, 2.45) is 5.10 Å². The highest BCUT2D eigenvalue weighted by Crippen LogP contribution is 2.01. The molecule has 0 bridgehead atoms. The minimum Gasteiger partial charge on any atom is -0.310 e.